The van der Waals surface area contributed by atoms with E-state index < -0.39 is 11.4 Å². The van der Waals surface area contributed by atoms with E-state index in [1.54, 1.807) is 45.0 Å². The van der Waals surface area contributed by atoms with E-state index in [4.69, 9.17) is 9.26 Å². The van der Waals surface area contributed by atoms with Crippen LogP contribution in [0.5, 0.6) is 0 Å². The highest BCUT2D eigenvalue weighted by Crippen LogP contribution is 2.24. The van der Waals surface area contributed by atoms with Crippen LogP contribution in [0.1, 0.15) is 31.1 Å². The minimum absolute atomic E-state index is 0.0556. The molecule has 2 aromatic rings. The summed E-state index contributed by atoms with van der Waals surface area (Å²) in [5.74, 6) is -0.441. The zero-order valence-electron chi connectivity index (χ0n) is 13.7. The fourth-order valence-corrected chi connectivity index (χ4v) is 1.92. The van der Waals surface area contributed by atoms with Crippen LogP contribution in [0, 0.1) is 6.92 Å². The van der Waals surface area contributed by atoms with Crippen LogP contribution >= 0.6 is 0 Å². The molecule has 0 aliphatic carbocycles. The molecule has 1 aromatic carbocycles. The summed E-state index contributed by atoms with van der Waals surface area (Å²) >= 11 is 0. The van der Waals surface area contributed by atoms with E-state index in [0.29, 0.717) is 23.0 Å². The SMILES string of the molecule is Cc1noc(COCC(=O)Nc2ccc(C(C)(C)C(=O)O)cc2)n1. The average molecular weight is 333 g/mol. The summed E-state index contributed by atoms with van der Waals surface area (Å²) in [6.07, 6.45) is 0. The number of amides is 1. The fourth-order valence-electron chi connectivity index (χ4n) is 1.92. The van der Waals surface area contributed by atoms with Gasteiger partial charge in [-0.3, -0.25) is 9.59 Å². The Morgan fingerprint density at radius 1 is 1.29 bits per heavy atom. The number of hydrogen-bond acceptors (Lipinski definition) is 6. The van der Waals surface area contributed by atoms with E-state index in [9.17, 15) is 14.7 Å². The van der Waals surface area contributed by atoms with Gasteiger partial charge in [0, 0.05) is 5.69 Å². The van der Waals surface area contributed by atoms with Crippen molar-refractivity contribution in [3.05, 3.63) is 41.5 Å². The number of benzene rings is 1. The zero-order chi connectivity index (χ0) is 17.7. The number of anilines is 1. The molecular weight excluding hydrogens is 314 g/mol. The lowest BCUT2D eigenvalue weighted by Gasteiger charge is -2.19. The van der Waals surface area contributed by atoms with Crippen molar-refractivity contribution in [2.75, 3.05) is 11.9 Å². The third-order valence-corrected chi connectivity index (χ3v) is 3.45. The summed E-state index contributed by atoms with van der Waals surface area (Å²) in [5, 5.41) is 15.5. The van der Waals surface area contributed by atoms with Crippen molar-refractivity contribution in [2.45, 2.75) is 32.8 Å². The molecule has 0 unspecified atom stereocenters. The van der Waals surface area contributed by atoms with Crippen molar-refractivity contribution in [3.63, 3.8) is 0 Å². The zero-order valence-corrected chi connectivity index (χ0v) is 13.7. The second-order valence-electron chi connectivity index (χ2n) is 5.78. The first kappa shape index (κ1) is 17.6. The number of hydrogen-bond donors (Lipinski definition) is 2. The van der Waals surface area contributed by atoms with E-state index in [1.807, 2.05) is 0 Å². The van der Waals surface area contributed by atoms with Gasteiger partial charge in [0.25, 0.3) is 5.89 Å². The summed E-state index contributed by atoms with van der Waals surface area (Å²) < 4.78 is 10.1. The highest BCUT2D eigenvalue weighted by atomic mass is 16.5. The first-order valence-corrected chi connectivity index (χ1v) is 7.30. The predicted octanol–water partition coefficient (Wildman–Crippen LogP) is 1.90. The first-order chi connectivity index (χ1) is 11.3. The molecule has 1 amide bonds. The van der Waals surface area contributed by atoms with Gasteiger partial charge in [0.15, 0.2) is 5.82 Å². The lowest BCUT2D eigenvalue weighted by Crippen LogP contribution is -2.28. The Morgan fingerprint density at radius 3 is 2.50 bits per heavy atom. The number of nitrogens with one attached hydrogen (secondary N) is 1. The number of ether oxygens (including phenoxy) is 1. The molecule has 0 atom stereocenters. The monoisotopic (exact) mass is 333 g/mol. The van der Waals surface area contributed by atoms with Crippen molar-refractivity contribution < 1.29 is 24.0 Å². The lowest BCUT2D eigenvalue weighted by atomic mass is 9.85. The maximum Gasteiger partial charge on any atom is 0.313 e. The largest absolute Gasteiger partial charge is 0.481 e. The van der Waals surface area contributed by atoms with Gasteiger partial charge in [-0.05, 0) is 38.5 Å². The number of aliphatic carboxylic acids is 1. The van der Waals surface area contributed by atoms with Crippen LogP contribution in [0.4, 0.5) is 5.69 Å². The summed E-state index contributed by atoms with van der Waals surface area (Å²) in [6, 6.07) is 6.65. The Kier molecular flexibility index (Phi) is 5.30. The van der Waals surface area contributed by atoms with Gasteiger partial charge in [-0.25, -0.2) is 0 Å². The van der Waals surface area contributed by atoms with Crippen molar-refractivity contribution >= 4 is 17.6 Å². The summed E-state index contributed by atoms with van der Waals surface area (Å²) in [7, 11) is 0. The predicted molar refractivity (Wildman–Crippen MR) is 84.4 cm³/mol. The van der Waals surface area contributed by atoms with Crippen molar-refractivity contribution in [1.29, 1.82) is 0 Å². The Hall–Kier alpha value is -2.74. The molecular formula is C16H19N3O5. The number of carbonyl (C=O) groups excluding carboxylic acids is 1. The molecule has 1 aromatic heterocycles. The maximum atomic E-state index is 11.8. The third kappa shape index (κ3) is 4.39. The molecule has 0 saturated heterocycles. The second kappa shape index (κ2) is 7.22. The fraction of sp³-hybridized carbons (Fsp3) is 0.375. The molecule has 2 N–H and O–H groups in total. The Balaban J connectivity index is 1.84. The number of carbonyl (C=O) groups is 2. The summed E-state index contributed by atoms with van der Waals surface area (Å²) in [6.45, 7) is 4.82. The van der Waals surface area contributed by atoms with Gasteiger partial charge >= 0.3 is 5.97 Å². The summed E-state index contributed by atoms with van der Waals surface area (Å²) in [4.78, 5) is 27.0. The standard InChI is InChI=1S/C16H19N3O5/c1-10-17-14(24-19-10)9-23-8-13(20)18-12-6-4-11(5-7-12)16(2,3)15(21)22/h4-7H,8-9H2,1-3H3,(H,18,20)(H,21,22). The van der Waals surface area contributed by atoms with Crippen molar-refractivity contribution in [3.8, 4) is 0 Å². The van der Waals surface area contributed by atoms with Gasteiger partial charge in [0.05, 0.1) is 5.41 Å². The van der Waals surface area contributed by atoms with Gasteiger partial charge in [0.1, 0.15) is 13.2 Å². The van der Waals surface area contributed by atoms with Gasteiger partial charge in [-0.15, -0.1) is 0 Å². The number of nitrogens with zero attached hydrogens (tertiary/aromatic N) is 2. The van der Waals surface area contributed by atoms with E-state index in [0.717, 1.165) is 0 Å². The molecule has 1 heterocycles. The number of rotatable bonds is 7. The van der Waals surface area contributed by atoms with Crippen molar-refractivity contribution in [2.24, 2.45) is 0 Å². The molecule has 8 nitrogen and oxygen atoms in total. The van der Waals surface area contributed by atoms with Crippen LogP contribution in [-0.4, -0.2) is 33.7 Å². The third-order valence-electron chi connectivity index (χ3n) is 3.45. The molecule has 24 heavy (non-hydrogen) atoms. The van der Waals surface area contributed by atoms with Crippen molar-refractivity contribution in [1.82, 2.24) is 10.1 Å². The topological polar surface area (TPSA) is 115 Å². The van der Waals surface area contributed by atoms with Crippen LogP contribution in [0.3, 0.4) is 0 Å². The maximum absolute atomic E-state index is 11.8. The minimum Gasteiger partial charge on any atom is -0.481 e. The molecule has 0 spiro atoms. The lowest BCUT2D eigenvalue weighted by molar-refractivity contribution is -0.142. The quantitative estimate of drug-likeness (QED) is 0.795. The molecule has 0 fully saturated rings. The Labute approximate surface area is 138 Å². The van der Waals surface area contributed by atoms with Crippen LogP contribution in [0.2, 0.25) is 0 Å². The number of carboxylic acid groups (broad SMARTS) is 1. The second-order valence-corrected chi connectivity index (χ2v) is 5.78. The molecule has 0 aliphatic rings. The van der Waals surface area contributed by atoms with Gasteiger partial charge in [0.2, 0.25) is 5.91 Å². The first-order valence-electron chi connectivity index (χ1n) is 7.30. The Bertz CT molecular complexity index is 722. The molecule has 0 saturated carbocycles. The molecule has 0 aliphatic heterocycles. The molecule has 128 valence electrons. The van der Waals surface area contributed by atoms with Gasteiger partial charge in [-0.1, -0.05) is 17.3 Å². The molecule has 8 heteroatoms. The highest BCUT2D eigenvalue weighted by molar-refractivity contribution is 5.91. The minimum atomic E-state index is -0.992. The van der Waals surface area contributed by atoms with Crippen LogP contribution < -0.4 is 5.32 Å². The normalized spacial score (nSPS) is 11.3. The van der Waals surface area contributed by atoms with E-state index in [-0.39, 0.29) is 19.1 Å². The van der Waals surface area contributed by atoms with E-state index >= 15 is 0 Å². The number of carboxylic acids is 1. The molecule has 0 bridgehead atoms. The number of aromatic nitrogens is 2. The molecule has 2 rings (SSSR count). The highest BCUT2D eigenvalue weighted by Gasteiger charge is 2.29. The summed E-state index contributed by atoms with van der Waals surface area (Å²) in [5.41, 5.74) is 0.214. The van der Waals surface area contributed by atoms with Gasteiger partial charge < -0.3 is 19.7 Å². The average Bonchev–Trinajstić information content (AvgIpc) is 2.93. The van der Waals surface area contributed by atoms with E-state index in [2.05, 4.69) is 15.5 Å². The van der Waals surface area contributed by atoms with Crippen LogP contribution in [0.15, 0.2) is 28.8 Å². The smallest absolute Gasteiger partial charge is 0.313 e. The Morgan fingerprint density at radius 2 is 1.96 bits per heavy atom. The molecule has 0 radical (unpaired) electrons. The van der Waals surface area contributed by atoms with Crippen LogP contribution in [0.25, 0.3) is 0 Å². The van der Waals surface area contributed by atoms with Gasteiger partial charge in [-0.2, -0.15) is 4.98 Å². The van der Waals surface area contributed by atoms with E-state index in [1.165, 1.54) is 0 Å². The number of aryl methyl sites for hydroxylation is 1. The van der Waals surface area contributed by atoms with Crippen LogP contribution in [-0.2, 0) is 26.3 Å².